The first-order valence-corrected chi connectivity index (χ1v) is 12.2. The van der Waals surface area contributed by atoms with Crippen molar-refractivity contribution in [3.05, 3.63) is 65.2 Å². The summed E-state index contributed by atoms with van der Waals surface area (Å²) in [6, 6.07) is 7.97. The van der Waals surface area contributed by atoms with E-state index in [1.165, 1.54) is 16.8 Å². The van der Waals surface area contributed by atoms with E-state index in [2.05, 4.69) is 0 Å². The van der Waals surface area contributed by atoms with Crippen LogP contribution in [0.3, 0.4) is 0 Å². The van der Waals surface area contributed by atoms with Gasteiger partial charge in [-0.1, -0.05) is 51.1 Å². The van der Waals surface area contributed by atoms with Gasteiger partial charge in [0.1, 0.15) is 0 Å². The number of carbonyl (C=O) groups is 2. The zero-order valence-electron chi connectivity index (χ0n) is 22.1. The second-order valence-electron chi connectivity index (χ2n) is 10.8. The maximum absolute atomic E-state index is 13.6. The van der Waals surface area contributed by atoms with Crippen molar-refractivity contribution in [2.75, 3.05) is 25.5 Å². The number of amides is 3. The number of likely N-dealkylation sites (N-methyl/N-ethyl adjacent to an activating group) is 1. The Morgan fingerprint density at radius 1 is 0.897 bits per heavy atom. The fraction of sp³-hybridized carbons (Fsp3) is 0.481. The smallest absolute Gasteiger partial charge is 0.416 e. The lowest BCUT2D eigenvalue weighted by Crippen LogP contribution is -2.61. The maximum atomic E-state index is 13.6. The Labute approximate surface area is 222 Å². The first kappa shape index (κ1) is 30.1. The van der Waals surface area contributed by atoms with Crippen molar-refractivity contribution in [3.8, 4) is 0 Å². The van der Waals surface area contributed by atoms with Crippen molar-refractivity contribution < 1.29 is 41.0 Å². The second kappa shape index (κ2) is 10.6. The zero-order valence-corrected chi connectivity index (χ0v) is 22.1. The molecule has 12 heteroatoms. The summed E-state index contributed by atoms with van der Waals surface area (Å²) in [5, 5.41) is 9.94. The standard InChI is InChI=1S/C27H31F6N3O3/c1-25(2,3)22-21(16-9-7-6-8-10-16)20(11-12-36(22)24(38)39)35(5)23(37)34(4)19-14-17(26(28,29)30)13-18(15-19)27(31,32)33/h6-10,13-15,20-22H,11-12H2,1-5H3,(H,38,39)/t20-,21-,22?/m1/s1. The minimum atomic E-state index is -5.06. The zero-order chi connectivity index (χ0) is 29.5. The molecule has 1 heterocycles. The first-order chi connectivity index (χ1) is 17.8. The molecule has 1 saturated heterocycles. The summed E-state index contributed by atoms with van der Waals surface area (Å²) in [4.78, 5) is 29.1. The largest absolute Gasteiger partial charge is 0.465 e. The van der Waals surface area contributed by atoms with Crippen LogP contribution in [0.2, 0.25) is 0 Å². The Balaban J connectivity index is 2.06. The number of piperidine rings is 1. The van der Waals surface area contributed by atoms with Gasteiger partial charge in [-0.25, -0.2) is 9.59 Å². The molecule has 214 valence electrons. The molecule has 0 saturated carbocycles. The van der Waals surface area contributed by atoms with E-state index in [9.17, 15) is 41.0 Å². The highest BCUT2D eigenvalue weighted by atomic mass is 19.4. The molecule has 3 atom stereocenters. The lowest BCUT2D eigenvalue weighted by molar-refractivity contribution is -0.143. The van der Waals surface area contributed by atoms with Crippen LogP contribution in [0.25, 0.3) is 0 Å². The van der Waals surface area contributed by atoms with Crippen LogP contribution in [0.4, 0.5) is 41.6 Å². The molecular formula is C27H31F6N3O3. The topological polar surface area (TPSA) is 64.1 Å². The van der Waals surface area contributed by atoms with Crippen LogP contribution in [-0.2, 0) is 12.4 Å². The predicted molar refractivity (Wildman–Crippen MR) is 134 cm³/mol. The predicted octanol–water partition coefficient (Wildman–Crippen LogP) is 7.16. The number of alkyl halides is 6. The summed E-state index contributed by atoms with van der Waals surface area (Å²) in [5.74, 6) is -0.523. The number of halogens is 6. The molecule has 2 aromatic carbocycles. The van der Waals surface area contributed by atoms with Crippen LogP contribution in [-0.4, -0.2) is 59.8 Å². The minimum absolute atomic E-state index is 0.00646. The van der Waals surface area contributed by atoms with E-state index < -0.39 is 64.7 Å². The number of rotatable bonds is 3. The minimum Gasteiger partial charge on any atom is -0.465 e. The molecule has 1 N–H and O–H groups in total. The average Bonchev–Trinajstić information content (AvgIpc) is 2.85. The third kappa shape index (κ3) is 6.42. The lowest BCUT2D eigenvalue weighted by atomic mass is 9.69. The third-order valence-corrected chi connectivity index (χ3v) is 7.12. The monoisotopic (exact) mass is 559 g/mol. The summed E-state index contributed by atoms with van der Waals surface area (Å²) in [7, 11) is 2.54. The SMILES string of the molecule is CN(C(=O)N(C)[C@@H]1CCN(C(=O)O)C(C(C)(C)C)[C@@H]1c1ccccc1)c1cc(C(F)(F)F)cc(C(F)(F)F)c1. The molecule has 6 nitrogen and oxygen atoms in total. The van der Waals surface area contributed by atoms with Gasteiger partial charge in [-0.05, 0) is 35.6 Å². The fourth-order valence-corrected chi connectivity index (χ4v) is 5.35. The van der Waals surface area contributed by atoms with E-state index in [-0.39, 0.29) is 19.0 Å². The van der Waals surface area contributed by atoms with E-state index >= 15 is 0 Å². The molecule has 3 rings (SSSR count). The van der Waals surface area contributed by atoms with Crippen LogP contribution in [0.5, 0.6) is 0 Å². The van der Waals surface area contributed by atoms with Gasteiger partial charge in [0, 0.05) is 44.3 Å². The number of carbonyl (C=O) groups excluding carboxylic acids is 1. The summed E-state index contributed by atoms with van der Waals surface area (Å²) < 4.78 is 80.5. The molecule has 0 aromatic heterocycles. The highest BCUT2D eigenvalue weighted by Gasteiger charge is 2.49. The molecule has 0 aliphatic carbocycles. The average molecular weight is 560 g/mol. The van der Waals surface area contributed by atoms with Gasteiger partial charge in [0.05, 0.1) is 11.1 Å². The Morgan fingerprint density at radius 3 is 1.85 bits per heavy atom. The Kier molecular flexibility index (Phi) is 8.19. The Morgan fingerprint density at radius 2 is 1.41 bits per heavy atom. The first-order valence-electron chi connectivity index (χ1n) is 12.2. The van der Waals surface area contributed by atoms with Crippen LogP contribution in [0.1, 0.15) is 49.8 Å². The molecule has 1 aliphatic rings. The molecule has 1 fully saturated rings. The van der Waals surface area contributed by atoms with Crippen molar-refractivity contribution in [1.29, 1.82) is 0 Å². The van der Waals surface area contributed by atoms with Gasteiger partial charge in [-0.3, -0.25) is 4.90 Å². The van der Waals surface area contributed by atoms with E-state index in [1.54, 1.807) is 18.2 Å². The van der Waals surface area contributed by atoms with Crippen LogP contribution in [0, 0.1) is 5.41 Å². The van der Waals surface area contributed by atoms with Gasteiger partial charge in [0.2, 0.25) is 0 Å². The van der Waals surface area contributed by atoms with E-state index in [4.69, 9.17) is 0 Å². The van der Waals surface area contributed by atoms with Gasteiger partial charge >= 0.3 is 24.5 Å². The second-order valence-corrected chi connectivity index (χ2v) is 10.8. The fourth-order valence-electron chi connectivity index (χ4n) is 5.35. The summed E-state index contributed by atoms with van der Waals surface area (Å²) >= 11 is 0. The molecule has 0 radical (unpaired) electrons. The number of benzene rings is 2. The van der Waals surface area contributed by atoms with Gasteiger partial charge in [0.25, 0.3) is 0 Å². The molecule has 3 amide bonds. The van der Waals surface area contributed by atoms with E-state index in [0.717, 1.165) is 17.5 Å². The molecule has 2 aromatic rings. The Bertz CT molecular complexity index is 1160. The molecule has 0 bridgehead atoms. The number of carboxylic acid groups (broad SMARTS) is 1. The van der Waals surface area contributed by atoms with E-state index in [0.29, 0.717) is 12.1 Å². The number of nitrogens with zero attached hydrogens (tertiary/aromatic N) is 3. The van der Waals surface area contributed by atoms with E-state index in [1.807, 2.05) is 32.9 Å². The van der Waals surface area contributed by atoms with Crippen molar-refractivity contribution in [3.63, 3.8) is 0 Å². The highest BCUT2D eigenvalue weighted by molar-refractivity contribution is 5.92. The van der Waals surface area contributed by atoms with Crippen LogP contribution in [0.15, 0.2) is 48.5 Å². The quantitative estimate of drug-likeness (QED) is 0.406. The summed E-state index contributed by atoms with van der Waals surface area (Å²) in [6.45, 7) is 5.72. The van der Waals surface area contributed by atoms with Crippen molar-refractivity contribution in [1.82, 2.24) is 9.80 Å². The van der Waals surface area contributed by atoms with Crippen molar-refractivity contribution in [2.24, 2.45) is 5.41 Å². The highest BCUT2D eigenvalue weighted by Crippen LogP contribution is 2.44. The van der Waals surface area contributed by atoms with Gasteiger partial charge in [-0.15, -0.1) is 0 Å². The molecular weight excluding hydrogens is 528 g/mol. The van der Waals surface area contributed by atoms with Crippen LogP contribution >= 0.6 is 0 Å². The number of urea groups is 1. The van der Waals surface area contributed by atoms with Gasteiger partial charge in [0.15, 0.2) is 0 Å². The van der Waals surface area contributed by atoms with Crippen molar-refractivity contribution in [2.45, 2.75) is 57.5 Å². The molecule has 0 spiro atoms. The lowest BCUT2D eigenvalue weighted by Gasteiger charge is -2.52. The number of anilines is 1. The van der Waals surface area contributed by atoms with Gasteiger partial charge in [-0.2, -0.15) is 26.3 Å². The molecule has 1 unspecified atom stereocenters. The van der Waals surface area contributed by atoms with Crippen molar-refractivity contribution >= 4 is 17.8 Å². The summed E-state index contributed by atoms with van der Waals surface area (Å²) in [6.07, 6.45) is -11.0. The third-order valence-electron chi connectivity index (χ3n) is 7.12. The Hall–Kier alpha value is -3.44. The summed E-state index contributed by atoms with van der Waals surface area (Å²) in [5.41, 5.74) is -3.44. The number of hydrogen-bond donors (Lipinski definition) is 1. The molecule has 39 heavy (non-hydrogen) atoms. The maximum Gasteiger partial charge on any atom is 0.416 e. The van der Waals surface area contributed by atoms with Crippen LogP contribution < -0.4 is 4.90 Å². The normalized spacial score (nSPS) is 20.5. The number of likely N-dealkylation sites (tertiary alicyclic amines) is 1. The number of hydrogen-bond acceptors (Lipinski definition) is 2. The molecule has 1 aliphatic heterocycles. The van der Waals surface area contributed by atoms with Gasteiger partial charge < -0.3 is 14.9 Å².